The van der Waals surface area contributed by atoms with E-state index in [9.17, 15) is 24.3 Å². The number of nitrogens with zero attached hydrogens (tertiary/aromatic N) is 1. The fourth-order valence-electron chi connectivity index (χ4n) is 3.72. The van der Waals surface area contributed by atoms with E-state index in [0.717, 1.165) is 11.1 Å². The summed E-state index contributed by atoms with van der Waals surface area (Å²) in [4.78, 5) is 53.4. The van der Waals surface area contributed by atoms with Gasteiger partial charge in [0.25, 0.3) is 5.91 Å². The molecule has 0 bridgehead atoms. The minimum Gasteiger partial charge on any atom is -0.476 e. The number of aromatic nitrogens is 1. The molecule has 1 aromatic heterocycles. The third-order valence-corrected chi connectivity index (χ3v) is 5.55. The topological polar surface area (TPSA) is 148 Å². The average Bonchev–Trinajstić information content (AvgIpc) is 3.32. The Labute approximate surface area is 220 Å². The second-order valence-corrected chi connectivity index (χ2v) is 9.14. The largest absolute Gasteiger partial charge is 0.476 e. The lowest BCUT2D eigenvalue weighted by Gasteiger charge is -2.19. The van der Waals surface area contributed by atoms with E-state index in [1.54, 1.807) is 12.1 Å². The maximum absolute atomic E-state index is 12.9. The Balaban J connectivity index is 1.63. The number of hydrogen-bond donors (Lipinski definition) is 3. The summed E-state index contributed by atoms with van der Waals surface area (Å²) in [5, 5.41) is 14.4. The summed E-state index contributed by atoms with van der Waals surface area (Å²) >= 11 is 0. The molecule has 10 heteroatoms. The van der Waals surface area contributed by atoms with Crippen molar-refractivity contribution in [2.24, 2.45) is 5.92 Å². The van der Waals surface area contributed by atoms with E-state index in [0.29, 0.717) is 12.8 Å². The van der Waals surface area contributed by atoms with Crippen LogP contribution < -0.4 is 10.6 Å². The number of rotatable bonds is 13. The molecule has 2 amide bonds. The highest BCUT2D eigenvalue weighted by Crippen LogP contribution is 2.20. The Bertz CT molecular complexity index is 1240. The molecular weight excluding hydrogens is 490 g/mol. The van der Waals surface area contributed by atoms with Crippen LogP contribution in [0, 0.1) is 5.92 Å². The molecule has 1 unspecified atom stereocenters. The molecule has 0 saturated carbocycles. The molecular formula is C28H31N3O7. The van der Waals surface area contributed by atoms with Crippen molar-refractivity contribution in [2.45, 2.75) is 52.2 Å². The van der Waals surface area contributed by atoms with Gasteiger partial charge in [0.15, 0.2) is 5.69 Å². The first-order valence-corrected chi connectivity index (χ1v) is 12.3. The predicted molar refractivity (Wildman–Crippen MR) is 139 cm³/mol. The van der Waals surface area contributed by atoms with Crippen LogP contribution in [0.4, 0.5) is 10.8 Å². The maximum Gasteiger partial charge on any atom is 0.408 e. The number of carboxylic acid groups (broad SMARTS) is 1. The molecule has 3 aromatic rings. The SMILES string of the molecule is CC(C)CC(NC(=O)OCc1ccccc1)C(=O)Nc1nc(C(=O)O)c(C(=O)CCCc2ccccc2)o1. The third-order valence-electron chi connectivity index (χ3n) is 5.55. The van der Waals surface area contributed by atoms with Gasteiger partial charge in [-0.15, -0.1) is 0 Å². The number of alkyl carbamates (subject to hydrolysis) is 1. The molecule has 2 aromatic carbocycles. The highest BCUT2D eigenvalue weighted by Gasteiger charge is 2.28. The van der Waals surface area contributed by atoms with E-state index in [1.165, 1.54) is 0 Å². The molecule has 38 heavy (non-hydrogen) atoms. The number of carbonyl (C=O) groups excluding carboxylic acids is 3. The van der Waals surface area contributed by atoms with Crippen molar-refractivity contribution in [1.82, 2.24) is 10.3 Å². The van der Waals surface area contributed by atoms with Crippen LogP contribution in [0.15, 0.2) is 65.1 Å². The molecule has 0 fully saturated rings. The minimum atomic E-state index is -1.46. The van der Waals surface area contributed by atoms with Crippen LogP contribution in [0.25, 0.3) is 0 Å². The van der Waals surface area contributed by atoms with Gasteiger partial charge in [0, 0.05) is 6.42 Å². The second kappa shape index (κ2) is 13.7. The lowest BCUT2D eigenvalue weighted by molar-refractivity contribution is -0.118. The monoisotopic (exact) mass is 521 g/mol. The van der Waals surface area contributed by atoms with Gasteiger partial charge >= 0.3 is 18.1 Å². The van der Waals surface area contributed by atoms with Crippen molar-refractivity contribution >= 4 is 29.8 Å². The van der Waals surface area contributed by atoms with Crippen LogP contribution >= 0.6 is 0 Å². The van der Waals surface area contributed by atoms with Crippen LogP contribution in [-0.2, 0) is 22.6 Å². The molecule has 0 radical (unpaired) electrons. The normalized spacial score (nSPS) is 11.6. The Hall–Kier alpha value is -4.47. The van der Waals surface area contributed by atoms with Gasteiger partial charge in [-0.2, -0.15) is 4.98 Å². The van der Waals surface area contributed by atoms with Crippen LogP contribution in [0.1, 0.15) is 65.3 Å². The maximum atomic E-state index is 12.9. The highest BCUT2D eigenvalue weighted by molar-refractivity contribution is 6.03. The number of aryl methyl sites for hydroxylation is 1. The molecule has 10 nitrogen and oxygen atoms in total. The molecule has 1 heterocycles. The van der Waals surface area contributed by atoms with E-state index in [-0.39, 0.29) is 25.4 Å². The van der Waals surface area contributed by atoms with E-state index < -0.39 is 47.3 Å². The third kappa shape index (κ3) is 8.58. The Morgan fingerprint density at radius 1 is 0.974 bits per heavy atom. The summed E-state index contributed by atoms with van der Waals surface area (Å²) in [6.07, 6.45) is 0.639. The van der Waals surface area contributed by atoms with Crippen LogP contribution in [0.5, 0.6) is 0 Å². The number of ether oxygens (including phenoxy) is 1. The molecule has 1 atom stereocenters. The smallest absolute Gasteiger partial charge is 0.408 e. The lowest BCUT2D eigenvalue weighted by Crippen LogP contribution is -2.44. The molecule has 3 N–H and O–H groups in total. The van der Waals surface area contributed by atoms with Crippen molar-refractivity contribution in [1.29, 1.82) is 0 Å². The van der Waals surface area contributed by atoms with Gasteiger partial charge in [0.1, 0.15) is 12.6 Å². The number of carbonyl (C=O) groups is 4. The molecule has 0 spiro atoms. The minimum absolute atomic E-state index is 0.0279. The summed E-state index contributed by atoms with van der Waals surface area (Å²) in [5.41, 5.74) is 1.25. The van der Waals surface area contributed by atoms with Gasteiger partial charge in [-0.05, 0) is 36.3 Å². The standard InChI is InChI=1S/C28H31N3O7/c1-18(2)16-21(29-28(36)37-17-20-12-7-4-8-13-20)25(33)31-27-30-23(26(34)35)24(38-27)22(32)15-9-14-19-10-5-3-6-11-19/h3-8,10-13,18,21H,9,14-17H2,1-2H3,(H,29,36)(H,34,35)(H,30,31,33). The van der Waals surface area contributed by atoms with Crippen LogP contribution in [0.3, 0.4) is 0 Å². The van der Waals surface area contributed by atoms with Crippen molar-refractivity contribution < 1.29 is 33.4 Å². The summed E-state index contributed by atoms with van der Waals surface area (Å²) in [6, 6.07) is 17.2. The number of benzene rings is 2. The summed E-state index contributed by atoms with van der Waals surface area (Å²) in [7, 11) is 0. The number of oxazole rings is 1. The first kappa shape index (κ1) is 28.1. The van der Waals surface area contributed by atoms with Crippen molar-refractivity contribution in [3.8, 4) is 0 Å². The average molecular weight is 522 g/mol. The van der Waals surface area contributed by atoms with Crippen LogP contribution in [-0.4, -0.2) is 39.9 Å². The van der Waals surface area contributed by atoms with Crippen LogP contribution in [0.2, 0.25) is 0 Å². The van der Waals surface area contributed by atoms with Crippen molar-refractivity contribution in [3.63, 3.8) is 0 Å². The summed E-state index contributed by atoms with van der Waals surface area (Å²) in [6.45, 7) is 3.77. The number of anilines is 1. The first-order valence-electron chi connectivity index (χ1n) is 12.3. The second-order valence-electron chi connectivity index (χ2n) is 9.14. The number of carboxylic acids is 1. The van der Waals surface area contributed by atoms with Crippen molar-refractivity contribution in [2.75, 3.05) is 5.32 Å². The van der Waals surface area contributed by atoms with Gasteiger partial charge in [-0.1, -0.05) is 74.5 Å². The van der Waals surface area contributed by atoms with E-state index >= 15 is 0 Å². The number of Topliss-reactive ketones (excluding diaryl/α,β-unsaturated/α-hetero) is 1. The Morgan fingerprint density at radius 2 is 1.61 bits per heavy atom. The predicted octanol–water partition coefficient (Wildman–Crippen LogP) is 4.86. The fraction of sp³-hybridized carbons (Fsp3) is 0.321. The molecule has 0 aliphatic rings. The number of amides is 2. The van der Waals surface area contributed by atoms with Gasteiger partial charge in [-0.3, -0.25) is 14.9 Å². The lowest BCUT2D eigenvalue weighted by atomic mass is 10.0. The number of hydrogen-bond acceptors (Lipinski definition) is 7. The zero-order chi connectivity index (χ0) is 27.5. The fourth-order valence-corrected chi connectivity index (χ4v) is 3.72. The highest BCUT2D eigenvalue weighted by atomic mass is 16.5. The number of nitrogens with one attached hydrogen (secondary N) is 2. The van der Waals surface area contributed by atoms with Gasteiger partial charge in [-0.25, -0.2) is 9.59 Å². The molecule has 3 rings (SSSR count). The Morgan fingerprint density at radius 3 is 2.21 bits per heavy atom. The summed E-state index contributed by atoms with van der Waals surface area (Å²) < 4.78 is 10.6. The van der Waals surface area contributed by atoms with Gasteiger partial charge < -0.3 is 19.6 Å². The van der Waals surface area contributed by atoms with E-state index in [1.807, 2.05) is 62.4 Å². The summed E-state index contributed by atoms with van der Waals surface area (Å²) in [5.74, 6) is -3.08. The van der Waals surface area contributed by atoms with E-state index in [2.05, 4.69) is 15.6 Å². The Kier molecular flexibility index (Phi) is 10.2. The molecule has 0 aliphatic carbocycles. The quantitative estimate of drug-likeness (QED) is 0.270. The zero-order valence-electron chi connectivity index (χ0n) is 21.3. The molecule has 0 saturated heterocycles. The first-order chi connectivity index (χ1) is 18.2. The molecule has 200 valence electrons. The van der Waals surface area contributed by atoms with Gasteiger partial charge in [0.05, 0.1) is 0 Å². The number of ketones is 1. The van der Waals surface area contributed by atoms with Gasteiger partial charge in [0.2, 0.25) is 11.5 Å². The molecule has 0 aliphatic heterocycles. The zero-order valence-corrected chi connectivity index (χ0v) is 21.3. The van der Waals surface area contributed by atoms with E-state index in [4.69, 9.17) is 9.15 Å². The van der Waals surface area contributed by atoms with Crippen molar-refractivity contribution in [3.05, 3.63) is 83.2 Å². The number of aromatic carboxylic acids is 1.